The number of rotatable bonds is 6. The molecule has 114 valence electrons. The number of ether oxygens (including phenoxy) is 1. The molecule has 3 unspecified atom stereocenters. The van der Waals surface area contributed by atoms with E-state index in [1.807, 2.05) is 13.3 Å². The van der Waals surface area contributed by atoms with Gasteiger partial charge in [0.2, 0.25) is 0 Å². The first-order chi connectivity index (χ1) is 9.61. The molecule has 3 atom stereocenters. The van der Waals surface area contributed by atoms with Gasteiger partial charge in [-0.2, -0.15) is 0 Å². The molecule has 20 heavy (non-hydrogen) atoms. The Balaban J connectivity index is 2.08. The predicted octanol–water partition coefficient (Wildman–Crippen LogP) is 2.76. The molecular formula is C16H29N3O. The quantitative estimate of drug-likeness (QED) is 0.871. The number of nitrogens with zero attached hydrogens (tertiary/aromatic N) is 2. The first-order valence-corrected chi connectivity index (χ1v) is 7.92. The second-order valence-corrected chi connectivity index (χ2v) is 6.32. The maximum Gasteiger partial charge on any atom is 0.110 e. The van der Waals surface area contributed by atoms with E-state index in [0.29, 0.717) is 5.92 Å². The maximum absolute atomic E-state index is 6.53. The number of aromatic nitrogens is 2. The topological polar surface area (TPSA) is 53.1 Å². The molecule has 1 heterocycles. The number of hydrogen-bond acceptors (Lipinski definition) is 3. The van der Waals surface area contributed by atoms with Crippen molar-refractivity contribution >= 4 is 0 Å². The lowest BCUT2D eigenvalue weighted by Gasteiger charge is -2.43. The van der Waals surface area contributed by atoms with Crippen molar-refractivity contribution in [2.75, 3.05) is 7.11 Å². The van der Waals surface area contributed by atoms with Gasteiger partial charge in [-0.1, -0.05) is 26.7 Å². The van der Waals surface area contributed by atoms with Gasteiger partial charge in [-0.15, -0.1) is 0 Å². The highest BCUT2D eigenvalue weighted by Crippen LogP contribution is 2.37. The lowest BCUT2D eigenvalue weighted by Crippen LogP contribution is -2.53. The van der Waals surface area contributed by atoms with Crippen LogP contribution in [0.25, 0.3) is 0 Å². The minimum atomic E-state index is -0.166. The molecule has 0 aliphatic heterocycles. The van der Waals surface area contributed by atoms with Crippen molar-refractivity contribution in [2.24, 2.45) is 11.7 Å². The molecule has 1 aliphatic carbocycles. The highest BCUT2D eigenvalue weighted by atomic mass is 16.5. The Labute approximate surface area is 122 Å². The van der Waals surface area contributed by atoms with E-state index in [-0.39, 0.29) is 11.6 Å². The van der Waals surface area contributed by atoms with Crippen LogP contribution in [0.2, 0.25) is 0 Å². The Kier molecular flexibility index (Phi) is 5.22. The van der Waals surface area contributed by atoms with Crippen molar-refractivity contribution in [1.29, 1.82) is 0 Å². The van der Waals surface area contributed by atoms with Crippen LogP contribution in [0.15, 0.2) is 12.4 Å². The third-order valence-electron chi connectivity index (χ3n) is 4.74. The monoisotopic (exact) mass is 279 g/mol. The van der Waals surface area contributed by atoms with E-state index < -0.39 is 0 Å². The summed E-state index contributed by atoms with van der Waals surface area (Å²) in [5.74, 6) is 1.79. The lowest BCUT2D eigenvalue weighted by atomic mass is 9.74. The SMILES string of the molecule is CCCn1ccnc1CC(N)C1(OC)CCCC(C)C1. The zero-order valence-electron chi connectivity index (χ0n) is 13.1. The van der Waals surface area contributed by atoms with Crippen molar-refractivity contribution in [3.63, 3.8) is 0 Å². The molecule has 0 amide bonds. The fraction of sp³-hybridized carbons (Fsp3) is 0.812. The molecule has 1 fully saturated rings. The molecule has 1 aromatic rings. The molecule has 2 rings (SSSR count). The zero-order valence-corrected chi connectivity index (χ0v) is 13.1. The van der Waals surface area contributed by atoms with Crippen LogP contribution in [0.3, 0.4) is 0 Å². The normalized spacial score (nSPS) is 28.5. The van der Waals surface area contributed by atoms with Gasteiger partial charge in [0.25, 0.3) is 0 Å². The Bertz CT molecular complexity index is 418. The molecule has 2 N–H and O–H groups in total. The molecule has 0 radical (unpaired) electrons. The van der Waals surface area contributed by atoms with Gasteiger partial charge in [-0.05, 0) is 25.2 Å². The van der Waals surface area contributed by atoms with Crippen LogP contribution in [0.1, 0.15) is 51.8 Å². The van der Waals surface area contributed by atoms with E-state index in [4.69, 9.17) is 10.5 Å². The van der Waals surface area contributed by atoms with Gasteiger partial charge in [0.15, 0.2) is 0 Å². The molecular weight excluding hydrogens is 250 g/mol. The number of aryl methyl sites for hydroxylation is 1. The lowest BCUT2D eigenvalue weighted by molar-refractivity contribution is -0.0709. The average molecular weight is 279 g/mol. The summed E-state index contributed by atoms with van der Waals surface area (Å²) in [6.45, 7) is 5.50. The van der Waals surface area contributed by atoms with E-state index in [9.17, 15) is 0 Å². The van der Waals surface area contributed by atoms with Crippen LogP contribution in [0, 0.1) is 5.92 Å². The van der Waals surface area contributed by atoms with Gasteiger partial charge in [-0.3, -0.25) is 0 Å². The summed E-state index contributed by atoms with van der Waals surface area (Å²) in [6, 6.07) is 0.0215. The molecule has 0 saturated heterocycles. The third kappa shape index (κ3) is 3.23. The Morgan fingerprint density at radius 2 is 2.40 bits per heavy atom. The van der Waals surface area contributed by atoms with E-state index in [1.54, 1.807) is 0 Å². The molecule has 0 spiro atoms. The number of hydrogen-bond donors (Lipinski definition) is 1. The minimum Gasteiger partial charge on any atom is -0.377 e. The first-order valence-electron chi connectivity index (χ1n) is 7.92. The van der Waals surface area contributed by atoms with Crippen LogP contribution < -0.4 is 5.73 Å². The molecule has 4 nitrogen and oxygen atoms in total. The fourth-order valence-corrected chi connectivity index (χ4v) is 3.57. The summed E-state index contributed by atoms with van der Waals surface area (Å²) >= 11 is 0. The van der Waals surface area contributed by atoms with Crippen molar-refractivity contribution < 1.29 is 4.74 Å². The van der Waals surface area contributed by atoms with Gasteiger partial charge in [0, 0.05) is 38.5 Å². The molecule has 1 aromatic heterocycles. The Hall–Kier alpha value is -0.870. The summed E-state index contributed by atoms with van der Waals surface area (Å²) in [7, 11) is 1.82. The zero-order chi connectivity index (χ0) is 14.6. The molecule has 1 saturated carbocycles. The second kappa shape index (κ2) is 6.72. The smallest absolute Gasteiger partial charge is 0.110 e. The van der Waals surface area contributed by atoms with Crippen molar-refractivity contribution in [1.82, 2.24) is 9.55 Å². The van der Waals surface area contributed by atoms with E-state index >= 15 is 0 Å². The first kappa shape index (κ1) is 15.5. The predicted molar refractivity (Wildman–Crippen MR) is 81.6 cm³/mol. The van der Waals surface area contributed by atoms with Gasteiger partial charge < -0.3 is 15.0 Å². The van der Waals surface area contributed by atoms with Crippen LogP contribution in [-0.2, 0) is 17.7 Å². The number of methoxy groups -OCH3 is 1. The van der Waals surface area contributed by atoms with Crippen LogP contribution in [-0.4, -0.2) is 28.3 Å². The standard InChI is InChI=1S/C16H29N3O/c1-4-9-19-10-8-18-15(19)11-14(17)16(20-3)7-5-6-13(2)12-16/h8,10,13-14H,4-7,9,11-12,17H2,1-3H3. The van der Waals surface area contributed by atoms with E-state index in [2.05, 4.69) is 29.6 Å². The van der Waals surface area contributed by atoms with E-state index in [0.717, 1.165) is 38.1 Å². The summed E-state index contributed by atoms with van der Waals surface area (Å²) in [5.41, 5.74) is 6.37. The Morgan fingerprint density at radius 3 is 3.05 bits per heavy atom. The highest BCUT2D eigenvalue weighted by molar-refractivity contribution is 5.03. The Morgan fingerprint density at radius 1 is 1.60 bits per heavy atom. The average Bonchev–Trinajstić information content (AvgIpc) is 2.86. The molecule has 1 aliphatic rings. The summed E-state index contributed by atoms with van der Waals surface area (Å²) in [4.78, 5) is 4.48. The summed E-state index contributed by atoms with van der Waals surface area (Å²) in [6.07, 6.45) is 10.5. The second-order valence-electron chi connectivity index (χ2n) is 6.32. The largest absolute Gasteiger partial charge is 0.377 e. The molecule has 0 bridgehead atoms. The fourth-order valence-electron chi connectivity index (χ4n) is 3.57. The van der Waals surface area contributed by atoms with E-state index in [1.165, 1.54) is 12.8 Å². The summed E-state index contributed by atoms with van der Waals surface area (Å²) < 4.78 is 8.12. The van der Waals surface area contributed by atoms with Crippen LogP contribution in [0.5, 0.6) is 0 Å². The van der Waals surface area contributed by atoms with Crippen molar-refractivity contribution in [3.05, 3.63) is 18.2 Å². The van der Waals surface area contributed by atoms with Gasteiger partial charge in [-0.25, -0.2) is 4.98 Å². The number of imidazole rings is 1. The maximum atomic E-state index is 6.53. The van der Waals surface area contributed by atoms with Crippen molar-refractivity contribution in [2.45, 2.75) is 70.6 Å². The van der Waals surface area contributed by atoms with Gasteiger partial charge in [0.1, 0.15) is 5.82 Å². The summed E-state index contributed by atoms with van der Waals surface area (Å²) in [5, 5.41) is 0. The minimum absolute atomic E-state index is 0.0215. The molecule has 4 heteroatoms. The van der Waals surface area contributed by atoms with Crippen LogP contribution in [0.4, 0.5) is 0 Å². The highest BCUT2D eigenvalue weighted by Gasteiger charge is 2.40. The molecule has 0 aromatic carbocycles. The third-order valence-corrected chi connectivity index (χ3v) is 4.74. The van der Waals surface area contributed by atoms with Crippen LogP contribution >= 0.6 is 0 Å². The van der Waals surface area contributed by atoms with Gasteiger partial charge in [0.05, 0.1) is 5.60 Å². The van der Waals surface area contributed by atoms with Crippen molar-refractivity contribution in [3.8, 4) is 0 Å². The van der Waals surface area contributed by atoms with Gasteiger partial charge >= 0.3 is 0 Å². The number of nitrogens with two attached hydrogens (primary N) is 1.